The molecule has 0 radical (unpaired) electrons. The molecule has 1 amide bonds. The van der Waals surface area contributed by atoms with Crippen LogP contribution in [-0.2, 0) is 4.79 Å². The predicted octanol–water partition coefficient (Wildman–Crippen LogP) is 2.49. The van der Waals surface area contributed by atoms with E-state index in [4.69, 9.17) is 0 Å². The van der Waals surface area contributed by atoms with Gasteiger partial charge in [0, 0.05) is 17.7 Å². The molecule has 1 aromatic rings. The molecular weight excluding hydrogens is 268 g/mol. The van der Waals surface area contributed by atoms with E-state index in [-0.39, 0.29) is 11.9 Å². The lowest BCUT2D eigenvalue weighted by molar-refractivity contribution is -0.123. The summed E-state index contributed by atoms with van der Waals surface area (Å²) >= 11 is 1.80. The number of hydrogen-bond acceptors (Lipinski definition) is 3. The second-order valence-electron chi connectivity index (χ2n) is 5.74. The van der Waals surface area contributed by atoms with E-state index in [0.29, 0.717) is 12.0 Å². The summed E-state index contributed by atoms with van der Waals surface area (Å²) in [6, 6.07) is 11.1. The number of rotatable bonds is 3. The first-order chi connectivity index (χ1) is 9.83. The molecule has 1 saturated carbocycles. The van der Waals surface area contributed by atoms with E-state index in [9.17, 15) is 4.79 Å². The van der Waals surface area contributed by atoms with Crippen molar-refractivity contribution in [1.82, 2.24) is 10.6 Å². The molecular formula is C16H22N2OS. The van der Waals surface area contributed by atoms with Gasteiger partial charge in [0.25, 0.3) is 0 Å². The Morgan fingerprint density at radius 2 is 1.90 bits per heavy atom. The molecule has 3 nitrogen and oxygen atoms in total. The number of carbonyl (C=O) groups excluding carboxylic acids is 1. The summed E-state index contributed by atoms with van der Waals surface area (Å²) in [6.45, 7) is 0. The van der Waals surface area contributed by atoms with Gasteiger partial charge in [-0.15, -0.1) is 11.8 Å². The highest BCUT2D eigenvalue weighted by Gasteiger charge is 2.27. The number of hydrogen-bond donors (Lipinski definition) is 2. The Kier molecular flexibility index (Phi) is 4.63. The van der Waals surface area contributed by atoms with Crippen molar-refractivity contribution in [3.63, 3.8) is 0 Å². The molecule has 4 heteroatoms. The average Bonchev–Trinajstić information content (AvgIpc) is 3.03. The normalized spacial score (nSPS) is 30.1. The number of benzene rings is 1. The molecule has 1 heterocycles. The summed E-state index contributed by atoms with van der Waals surface area (Å²) in [7, 11) is 0. The Morgan fingerprint density at radius 3 is 2.55 bits per heavy atom. The molecule has 1 unspecified atom stereocenters. The quantitative estimate of drug-likeness (QED) is 0.898. The molecule has 0 aromatic heterocycles. The minimum Gasteiger partial charge on any atom is -0.352 e. The summed E-state index contributed by atoms with van der Waals surface area (Å²) in [5.41, 5.74) is 1.45. The third-order valence-corrected chi connectivity index (χ3v) is 5.32. The van der Waals surface area contributed by atoms with E-state index in [1.54, 1.807) is 11.8 Å². The Bertz CT molecular complexity index is 437. The van der Waals surface area contributed by atoms with E-state index in [1.165, 1.54) is 18.4 Å². The topological polar surface area (TPSA) is 41.1 Å². The van der Waals surface area contributed by atoms with E-state index >= 15 is 0 Å². The van der Waals surface area contributed by atoms with Crippen molar-refractivity contribution >= 4 is 17.7 Å². The molecule has 108 valence electrons. The maximum atomic E-state index is 12.1. The van der Waals surface area contributed by atoms with Crippen LogP contribution in [0.5, 0.6) is 0 Å². The zero-order valence-corrected chi connectivity index (χ0v) is 12.5. The first-order valence-corrected chi connectivity index (χ1v) is 8.65. The zero-order valence-electron chi connectivity index (χ0n) is 11.7. The molecule has 0 bridgehead atoms. The fraction of sp³-hybridized carbons (Fsp3) is 0.562. The van der Waals surface area contributed by atoms with Crippen LogP contribution in [0.1, 0.15) is 37.2 Å². The highest BCUT2D eigenvalue weighted by molar-refractivity contribution is 7.99. The lowest BCUT2D eigenvalue weighted by Crippen LogP contribution is -2.47. The minimum absolute atomic E-state index is 0.0202. The molecule has 0 spiro atoms. The Balaban J connectivity index is 1.47. The van der Waals surface area contributed by atoms with E-state index < -0.39 is 0 Å². The van der Waals surface area contributed by atoms with Gasteiger partial charge in [0.1, 0.15) is 0 Å². The largest absolute Gasteiger partial charge is 0.352 e. The molecule has 1 aromatic carbocycles. The summed E-state index contributed by atoms with van der Waals surface area (Å²) < 4.78 is 0. The van der Waals surface area contributed by atoms with E-state index in [1.807, 2.05) is 0 Å². The van der Waals surface area contributed by atoms with Crippen molar-refractivity contribution in [2.45, 2.75) is 43.7 Å². The van der Waals surface area contributed by atoms with Gasteiger partial charge in [-0.2, -0.15) is 0 Å². The molecule has 1 saturated heterocycles. The van der Waals surface area contributed by atoms with Crippen LogP contribution in [0.15, 0.2) is 30.3 Å². The van der Waals surface area contributed by atoms with Crippen LogP contribution in [0.2, 0.25) is 0 Å². The third-order valence-electron chi connectivity index (χ3n) is 4.38. The number of amides is 1. The van der Waals surface area contributed by atoms with Crippen LogP contribution >= 0.6 is 11.8 Å². The van der Waals surface area contributed by atoms with Crippen LogP contribution in [0.4, 0.5) is 0 Å². The maximum Gasteiger partial charge on any atom is 0.238 e. The summed E-state index contributed by atoms with van der Waals surface area (Å²) in [6.07, 6.45) is 4.57. The Hall–Kier alpha value is -1.00. The van der Waals surface area contributed by atoms with Crippen molar-refractivity contribution < 1.29 is 4.79 Å². The maximum absolute atomic E-state index is 12.1. The molecule has 1 atom stereocenters. The molecule has 2 fully saturated rings. The van der Waals surface area contributed by atoms with E-state index in [2.05, 4.69) is 41.0 Å². The SMILES string of the molecule is O=C(NC1CCC(c2ccccc2)CC1)C1CSCN1. The highest BCUT2D eigenvalue weighted by Crippen LogP contribution is 2.32. The van der Waals surface area contributed by atoms with Gasteiger partial charge in [-0.3, -0.25) is 10.1 Å². The van der Waals surface area contributed by atoms with Crippen LogP contribution in [-0.4, -0.2) is 29.6 Å². The smallest absolute Gasteiger partial charge is 0.238 e. The fourth-order valence-electron chi connectivity index (χ4n) is 3.16. The Labute approximate surface area is 124 Å². The summed E-state index contributed by atoms with van der Waals surface area (Å²) in [4.78, 5) is 12.1. The number of nitrogens with one attached hydrogen (secondary N) is 2. The minimum atomic E-state index is 0.0202. The molecule has 2 aliphatic rings. The van der Waals surface area contributed by atoms with Crippen LogP contribution in [0.25, 0.3) is 0 Å². The first-order valence-electron chi connectivity index (χ1n) is 7.49. The fourth-order valence-corrected chi connectivity index (χ4v) is 4.10. The number of carbonyl (C=O) groups is 1. The third kappa shape index (κ3) is 3.36. The van der Waals surface area contributed by atoms with Crippen molar-refractivity contribution in [1.29, 1.82) is 0 Å². The first kappa shape index (κ1) is 14.0. The standard InChI is InChI=1S/C16H22N2OS/c19-16(15-10-20-11-17-15)18-14-8-6-13(7-9-14)12-4-2-1-3-5-12/h1-5,13-15,17H,6-11H2,(H,18,19). The lowest BCUT2D eigenvalue weighted by atomic mass is 9.82. The Morgan fingerprint density at radius 1 is 1.15 bits per heavy atom. The van der Waals surface area contributed by atoms with Gasteiger partial charge in [-0.25, -0.2) is 0 Å². The van der Waals surface area contributed by atoms with Crippen LogP contribution in [0, 0.1) is 0 Å². The van der Waals surface area contributed by atoms with Crippen molar-refractivity contribution in [3.8, 4) is 0 Å². The van der Waals surface area contributed by atoms with Gasteiger partial charge in [-0.1, -0.05) is 30.3 Å². The van der Waals surface area contributed by atoms with Crippen LogP contribution in [0.3, 0.4) is 0 Å². The summed E-state index contributed by atoms with van der Waals surface area (Å²) in [5.74, 6) is 2.67. The zero-order chi connectivity index (χ0) is 13.8. The molecule has 20 heavy (non-hydrogen) atoms. The highest BCUT2D eigenvalue weighted by atomic mass is 32.2. The van der Waals surface area contributed by atoms with Crippen LogP contribution < -0.4 is 10.6 Å². The average molecular weight is 290 g/mol. The van der Waals surface area contributed by atoms with Gasteiger partial charge in [0.15, 0.2) is 0 Å². The van der Waals surface area contributed by atoms with Gasteiger partial charge in [0.05, 0.1) is 6.04 Å². The number of thioether (sulfide) groups is 1. The molecule has 1 aliphatic carbocycles. The van der Waals surface area contributed by atoms with Gasteiger partial charge in [0.2, 0.25) is 5.91 Å². The second kappa shape index (κ2) is 6.64. The lowest BCUT2D eigenvalue weighted by Gasteiger charge is -2.30. The van der Waals surface area contributed by atoms with Crippen molar-refractivity contribution in [2.24, 2.45) is 0 Å². The summed E-state index contributed by atoms with van der Waals surface area (Å²) in [5, 5.41) is 6.45. The van der Waals surface area contributed by atoms with E-state index in [0.717, 1.165) is 24.5 Å². The van der Waals surface area contributed by atoms with Gasteiger partial charge in [-0.05, 0) is 37.2 Å². The second-order valence-corrected chi connectivity index (χ2v) is 6.77. The van der Waals surface area contributed by atoms with Gasteiger partial charge < -0.3 is 5.32 Å². The molecule has 2 N–H and O–H groups in total. The van der Waals surface area contributed by atoms with Crippen molar-refractivity contribution in [3.05, 3.63) is 35.9 Å². The predicted molar refractivity (Wildman–Crippen MR) is 83.8 cm³/mol. The molecule has 3 rings (SSSR count). The molecule has 1 aliphatic heterocycles. The van der Waals surface area contributed by atoms with Crippen molar-refractivity contribution in [2.75, 3.05) is 11.6 Å². The monoisotopic (exact) mass is 290 g/mol. The van der Waals surface area contributed by atoms with Gasteiger partial charge >= 0.3 is 0 Å².